The van der Waals surface area contributed by atoms with Crippen molar-refractivity contribution in [2.24, 2.45) is 28.6 Å². The smallest absolute Gasteiger partial charge is 0.331 e. The normalized spacial score (nSPS) is 54.2. The van der Waals surface area contributed by atoms with Gasteiger partial charge in [0.05, 0.1) is 23.9 Å². The summed E-state index contributed by atoms with van der Waals surface area (Å²) in [5, 5.41) is 44.4. The van der Waals surface area contributed by atoms with E-state index in [1.165, 1.54) is 0 Å². The Morgan fingerprint density at radius 1 is 1.07 bits per heavy atom. The van der Waals surface area contributed by atoms with Crippen molar-refractivity contribution in [2.45, 2.75) is 82.0 Å². The Morgan fingerprint density at radius 3 is 2.52 bits per heavy atom. The second kappa shape index (κ2) is 6.28. The van der Waals surface area contributed by atoms with Gasteiger partial charge >= 0.3 is 5.97 Å². The molecule has 5 aliphatic rings. The topological polar surface area (TPSA) is 107 Å². The number of carbonyl (C=O) groups is 1. The van der Waals surface area contributed by atoms with Crippen molar-refractivity contribution < 1.29 is 30.0 Å². The van der Waals surface area contributed by atoms with Gasteiger partial charge in [-0.3, -0.25) is 0 Å². The maximum absolute atomic E-state index is 12.1. The molecule has 1 heterocycles. The average molecular weight is 407 g/mol. The second-order valence-corrected chi connectivity index (χ2v) is 10.8. The largest absolute Gasteiger partial charge is 0.458 e. The molecule has 6 heteroatoms. The lowest BCUT2D eigenvalue weighted by Crippen LogP contribution is -2.69. The zero-order valence-corrected chi connectivity index (χ0v) is 17.3. The Morgan fingerprint density at radius 2 is 1.83 bits per heavy atom. The molecule has 0 saturated heterocycles. The Bertz CT molecular complexity index is 750. The first-order valence-electron chi connectivity index (χ1n) is 11.3. The molecule has 0 aromatic heterocycles. The van der Waals surface area contributed by atoms with E-state index in [9.17, 15) is 25.2 Å². The molecule has 5 rings (SSSR count). The van der Waals surface area contributed by atoms with Crippen molar-refractivity contribution in [1.29, 1.82) is 0 Å². The third-order valence-corrected chi connectivity index (χ3v) is 10.1. The quantitative estimate of drug-likeness (QED) is 0.520. The second-order valence-electron chi connectivity index (χ2n) is 10.8. The Balaban J connectivity index is 1.51. The molecule has 4 N–H and O–H groups in total. The van der Waals surface area contributed by atoms with Crippen LogP contribution in [0.15, 0.2) is 11.6 Å². The van der Waals surface area contributed by atoms with Gasteiger partial charge in [0.15, 0.2) is 0 Å². The molecule has 0 unspecified atom stereocenters. The summed E-state index contributed by atoms with van der Waals surface area (Å²) in [4.78, 5) is 11.6. The summed E-state index contributed by atoms with van der Waals surface area (Å²) in [6.07, 6.45) is 7.02. The predicted molar refractivity (Wildman–Crippen MR) is 105 cm³/mol. The summed E-state index contributed by atoms with van der Waals surface area (Å²) in [6, 6.07) is 0. The maximum atomic E-state index is 12.1. The van der Waals surface area contributed by atoms with Gasteiger partial charge in [-0.1, -0.05) is 6.92 Å². The lowest BCUT2D eigenvalue weighted by atomic mass is 9.41. The number of fused-ring (bicyclic) bond motifs is 5. The molecule has 162 valence electrons. The van der Waals surface area contributed by atoms with Gasteiger partial charge in [0.1, 0.15) is 6.61 Å². The van der Waals surface area contributed by atoms with E-state index in [1.54, 1.807) is 6.08 Å². The van der Waals surface area contributed by atoms with Crippen LogP contribution in [0.2, 0.25) is 0 Å². The zero-order valence-electron chi connectivity index (χ0n) is 17.3. The SMILES string of the molecule is C[C@]12CC[C@H]3[C@@H](CC[C@]4(O)C[C@@H](O)CC[C@]34CO)[C@@]1(O)CC[C@@H]2C1=CC(=O)OC1. The number of esters is 1. The van der Waals surface area contributed by atoms with Crippen LogP contribution in [0.4, 0.5) is 0 Å². The molecule has 0 bridgehead atoms. The van der Waals surface area contributed by atoms with Gasteiger partial charge in [0.2, 0.25) is 0 Å². The van der Waals surface area contributed by atoms with Crippen LogP contribution in [-0.2, 0) is 9.53 Å². The number of hydrogen-bond acceptors (Lipinski definition) is 6. The number of hydrogen-bond donors (Lipinski definition) is 4. The minimum atomic E-state index is -1.06. The highest BCUT2D eigenvalue weighted by Gasteiger charge is 2.71. The first kappa shape index (κ1) is 20.0. The van der Waals surface area contributed by atoms with Crippen LogP contribution < -0.4 is 0 Å². The molecular formula is C23H34O6. The molecule has 0 amide bonds. The van der Waals surface area contributed by atoms with Gasteiger partial charge in [-0.2, -0.15) is 0 Å². The monoisotopic (exact) mass is 406 g/mol. The highest BCUT2D eigenvalue weighted by Crippen LogP contribution is 2.70. The van der Waals surface area contributed by atoms with Crippen LogP contribution in [0, 0.1) is 28.6 Å². The summed E-state index contributed by atoms with van der Waals surface area (Å²) in [7, 11) is 0. The summed E-state index contributed by atoms with van der Waals surface area (Å²) < 4.78 is 5.17. The maximum Gasteiger partial charge on any atom is 0.331 e. The number of carbonyl (C=O) groups excluding carboxylic acids is 1. The van der Waals surface area contributed by atoms with E-state index in [2.05, 4.69) is 6.92 Å². The van der Waals surface area contributed by atoms with Crippen LogP contribution in [0.5, 0.6) is 0 Å². The number of ether oxygens (including phenoxy) is 1. The molecule has 0 spiro atoms. The predicted octanol–water partition coefficient (Wildman–Crippen LogP) is 1.69. The van der Waals surface area contributed by atoms with E-state index in [4.69, 9.17) is 4.74 Å². The molecular weight excluding hydrogens is 372 g/mol. The van der Waals surface area contributed by atoms with Crippen LogP contribution in [0.1, 0.15) is 64.7 Å². The van der Waals surface area contributed by atoms with E-state index >= 15 is 0 Å². The summed E-state index contributed by atoms with van der Waals surface area (Å²) in [5.74, 6) is -0.0760. The average Bonchev–Trinajstić information content (AvgIpc) is 3.21. The highest BCUT2D eigenvalue weighted by molar-refractivity contribution is 5.85. The minimum Gasteiger partial charge on any atom is -0.458 e. The van der Waals surface area contributed by atoms with Crippen LogP contribution in [0.25, 0.3) is 0 Å². The first-order chi connectivity index (χ1) is 13.7. The Labute approximate surface area is 172 Å². The Hall–Kier alpha value is -0.950. The Kier molecular flexibility index (Phi) is 4.33. The molecule has 4 aliphatic carbocycles. The zero-order chi connectivity index (χ0) is 20.7. The van der Waals surface area contributed by atoms with Gasteiger partial charge in [-0.15, -0.1) is 0 Å². The molecule has 6 nitrogen and oxygen atoms in total. The molecule has 4 saturated carbocycles. The lowest BCUT2D eigenvalue weighted by Gasteiger charge is -2.66. The third kappa shape index (κ3) is 2.40. The van der Waals surface area contributed by atoms with E-state index in [1.807, 2.05) is 0 Å². The van der Waals surface area contributed by atoms with Crippen LogP contribution >= 0.6 is 0 Å². The summed E-state index contributed by atoms with van der Waals surface area (Å²) >= 11 is 0. The number of cyclic esters (lactones) is 1. The first-order valence-corrected chi connectivity index (χ1v) is 11.3. The number of aliphatic hydroxyl groups is 4. The molecule has 0 aromatic carbocycles. The van der Waals surface area contributed by atoms with E-state index in [0.29, 0.717) is 45.1 Å². The number of rotatable bonds is 2. The van der Waals surface area contributed by atoms with E-state index < -0.39 is 22.7 Å². The minimum absolute atomic E-state index is 0.0209. The fourth-order valence-electron chi connectivity index (χ4n) is 8.52. The van der Waals surface area contributed by atoms with Gasteiger partial charge < -0.3 is 25.2 Å². The fourth-order valence-corrected chi connectivity index (χ4v) is 8.52. The van der Waals surface area contributed by atoms with E-state index in [-0.39, 0.29) is 35.7 Å². The third-order valence-electron chi connectivity index (χ3n) is 10.1. The molecule has 8 atom stereocenters. The van der Waals surface area contributed by atoms with Crippen molar-refractivity contribution in [3.05, 3.63) is 11.6 Å². The number of aliphatic hydroxyl groups excluding tert-OH is 2. The van der Waals surface area contributed by atoms with E-state index in [0.717, 1.165) is 24.8 Å². The summed E-state index contributed by atoms with van der Waals surface area (Å²) in [5.41, 5.74) is -1.88. The fraction of sp³-hybridized carbons (Fsp3) is 0.870. The molecule has 29 heavy (non-hydrogen) atoms. The van der Waals surface area contributed by atoms with Crippen molar-refractivity contribution in [2.75, 3.05) is 13.2 Å². The van der Waals surface area contributed by atoms with Crippen molar-refractivity contribution in [3.8, 4) is 0 Å². The summed E-state index contributed by atoms with van der Waals surface area (Å²) in [6.45, 7) is 2.41. The molecule has 4 fully saturated rings. The van der Waals surface area contributed by atoms with Gasteiger partial charge in [0.25, 0.3) is 0 Å². The molecule has 0 aromatic rings. The van der Waals surface area contributed by atoms with Crippen molar-refractivity contribution >= 4 is 5.97 Å². The standard InChI is InChI=1S/C23H34O6/c1-20-6-3-17-18(4-8-22(27)11-15(25)2-7-21(17,22)13-24)23(20,28)9-5-16(20)14-10-19(26)29-12-14/h10,15-18,24-25,27-28H,2-9,11-13H2,1H3/t15-,16+,17-,18+,20+,21-,22-,23-/m0/s1. The van der Waals surface area contributed by atoms with Gasteiger partial charge in [0, 0.05) is 23.3 Å². The van der Waals surface area contributed by atoms with Gasteiger partial charge in [-0.25, -0.2) is 4.79 Å². The highest BCUT2D eigenvalue weighted by atomic mass is 16.5. The van der Waals surface area contributed by atoms with Crippen LogP contribution in [-0.4, -0.2) is 56.9 Å². The molecule has 0 radical (unpaired) electrons. The van der Waals surface area contributed by atoms with Gasteiger partial charge in [-0.05, 0) is 74.7 Å². The van der Waals surface area contributed by atoms with Crippen LogP contribution in [0.3, 0.4) is 0 Å². The lowest BCUT2D eigenvalue weighted by molar-refractivity contribution is -0.269. The van der Waals surface area contributed by atoms with Crippen molar-refractivity contribution in [1.82, 2.24) is 0 Å². The molecule has 1 aliphatic heterocycles. The van der Waals surface area contributed by atoms with Crippen molar-refractivity contribution in [3.63, 3.8) is 0 Å².